The van der Waals surface area contributed by atoms with Gasteiger partial charge in [-0.15, -0.1) is 0 Å². The molecule has 0 atom stereocenters. The smallest absolute Gasteiger partial charge is 0.422 e. The molecule has 0 saturated heterocycles. The van der Waals surface area contributed by atoms with Crippen molar-refractivity contribution in [1.82, 2.24) is 0 Å². The molecule has 0 aliphatic heterocycles. The van der Waals surface area contributed by atoms with Crippen molar-refractivity contribution < 1.29 is 49.8 Å². The molecule has 0 bridgehead atoms. The molecule has 2 aromatic carbocycles. The Balaban J connectivity index is 2.29. The number of esters is 1. The van der Waals surface area contributed by atoms with Crippen LogP contribution in [-0.2, 0) is 33.3 Å². The highest BCUT2D eigenvalue weighted by Crippen LogP contribution is 2.38. The van der Waals surface area contributed by atoms with Gasteiger partial charge in [-0.1, -0.05) is 12.1 Å². The minimum atomic E-state index is -5.70. The van der Waals surface area contributed by atoms with Gasteiger partial charge >= 0.3 is 12.1 Å². The predicted molar refractivity (Wildman–Crippen MR) is 96.9 cm³/mol. The zero-order valence-electron chi connectivity index (χ0n) is 16.6. The third kappa shape index (κ3) is 5.48. The minimum absolute atomic E-state index is 0.126. The lowest BCUT2D eigenvalue weighted by Gasteiger charge is -2.15. The molecule has 0 spiro atoms. The summed E-state index contributed by atoms with van der Waals surface area (Å²) in [4.78, 5) is 23.8. The third-order valence-electron chi connectivity index (χ3n) is 4.16. The second kappa shape index (κ2) is 9.88. The van der Waals surface area contributed by atoms with Crippen LogP contribution in [0.25, 0.3) is 0 Å². The summed E-state index contributed by atoms with van der Waals surface area (Å²) < 4.78 is 103. The standard InChI is InChI=1S/C20H16F7NO4/c1-3-32-13(30)8-10-6-9(4-5-11(10)31-2)7-12(29)28-19-17(23)15(21)14(20(25,26)27)16(22)18(19)24/h4-6H,3,7-8H2,1-2H3,(H,28,29). The highest BCUT2D eigenvalue weighted by molar-refractivity contribution is 5.92. The molecule has 0 aromatic heterocycles. The van der Waals surface area contributed by atoms with E-state index in [-0.39, 0.29) is 24.3 Å². The number of anilines is 1. The minimum Gasteiger partial charge on any atom is -0.496 e. The number of rotatable bonds is 7. The van der Waals surface area contributed by atoms with Crippen LogP contribution in [-0.4, -0.2) is 25.6 Å². The van der Waals surface area contributed by atoms with Gasteiger partial charge < -0.3 is 14.8 Å². The van der Waals surface area contributed by atoms with E-state index in [1.807, 2.05) is 0 Å². The lowest BCUT2D eigenvalue weighted by molar-refractivity contribution is -0.143. The van der Waals surface area contributed by atoms with Gasteiger partial charge in [0.05, 0.1) is 26.6 Å². The van der Waals surface area contributed by atoms with E-state index in [1.54, 1.807) is 6.92 Å². The van der Waals surface area contributed by atoms with E-state index in [9.17, 15) is 40.3 Å². The summed E-state index contributed by atoms with van der Waals surface area (Å²) in [5, 5.41) is 1.54. The van der Waals surface area contributed by atoms with E-state index < -0.39 is 59.0 Å². The first-order valence-corrected chi connectivity index (χ1v) is 8.95. The Morgan fingerprint density at radius 2 is 1.56 bits per heavy atom. The van der Waals surface area contributed by atoms with Gasteiger partial charge in [-0.25, -0.2) is 17.6 Å². The van der Waals surface area contributed by atoms with Crippen LogP contribution in [0.1, 0.15) is 23.6 Å². The summed E-state index contributed by atoms with van der Waals surface area (Å²) in [7, 11) is 1.33. The second-order valence-corrected chi connectivity index (χ2v) is 6.36. The first-order valence-electron chi connectivity index (χ1n) is 8.95. The van der Waals surface area contributed by atoms with Crippen LogP contribution in [0.2, 0.25) is 0 Å². The van der Waals surface area contributed by atoms with Crippen molar-refractivity contribution in [2.24, 2.45) is 0 Å². The van der Waals surface area contributed by atoms with Gasteiger partial charge in [-0.05, 0) is 18.6 Å². The molecular weight excluding hydrogens is 451 g/mol. The molecule has 0 unspecified atom stereocenters. The summed E-state index contributed by atoms with van der Waals surface area (Å²) in [5.41, 5.74) is -3.92. The van der Waals surface area contributed by atoms with Gasteiger partial charge in [0.1, 0.15) is 17.0 Å². The van der Waals surface area contributed by atoms with Gasteiger partial charge in [0, 0.05) is 5.56 Å². The van der Waals surface area contributed by atoms with Crippen molar-refractivity contribution in [3.8, 4) is 5.75 Å². The Bertz CT molecular complexity index is 1010. The number of hydrogen-bond donors (Lipinski definition) is 1. The zero-order valence-corrected chi connectivity index (χ0v) is 16.6. The highest BCUT2D eigenvalue weighted by Gasteiger charge is 2.42. The maximum absolute atomic E-state index is 13.9. The van der Waals surface area contributed by atoms with Crippen LogP contribution in [0.3, 0.4) is 0 Å². The fourth-order valence-corrected chi connectivity index (χ4v) is 2.81. The molecule has 2 aromatic rings. The number of carbonyl (C=O) groups excluding carboxylic acids is 2. The van der Waals surface area contributed by atoms with Crippen molar-refractivity contribution in [3.63, 3.8) is 0 Å². The number of halogens is 7. The van der Waals surface area contributed by atoms with Gasteiger partial charge in [-0.2, -0.15) is 13.2 Å². The molecule has 174 valence electrons. The first kappa shape index (κ1) is 25.0. The average Bonchev–Trinajstić information content (AvgIpc) is 2.69. The molecule has 0 saturated carbocycles. The third-order valence-corrected chi connectivity index (χ3v) is 4.16. The number of methoxy groups -OCH3 is 1. The summed E-state index contributed by atoms with van der Waals surface area (Å²) in [6.07, 6.45) is -6.51. The quantitative estimate of drug-likeness (QED) is 0.369. The molecule has 2 rings (SSSR count). The first-order chi connectivity index (χ1) is 14.9. The Kier molecular flexibility index (Phi) is 7.70. The van der Waals surface area contributed by atoms with Crippen LogP contribution in [0.5, 0.6) is 5.75 Å². The maximum atomic E-state index is 13.9. The van der Waals surface area contributed by atoms with E-state index in [4.69, 9.17) is 9.47 Å². The molecule has 0 fully saturated rings. The number of nitrogens with one attached hydrogen (secondary N) is 1. The van der Waals surface area contributed by atoms with E-state index in [0.29, 0.717) is 5.56 Å². The van der Waals surface area contributed by atoms with Crippen molar-refractivity contribution in [1.29, 1.82) is 0 Å². The van der Waals surface area contributed by atoms with Crippen molar-refractivity contribution >= 4 is 17.6 Å². The number of hydrogen-bond acceptors (Lipinski definition) is 4. The largest absolute Gasteiger partial charge is 0.496 e. The molecule has 12 heteroatoms. The van der Waals surface area contributed by atoms with Gasteiger partial charge in [0.2, 0.25) is 5.91 Å². The molecule has 0 heterocycles. The summed E-state index contributed by atoms with van der Waals surface area (Å²) in [6, 6.07) is 4.12. The van der Waals surface area contributed by atoms with E-state index in [0.717, 1.165) is 0 Å². The highest BCUT2D eigenvalue weighted by atomic mass is 19.4. The normalized spacial score (nSPS) is 11.3. The van der Waals surface area contributed by atoms with Crippen LogP contribution < -0.4 is 10.1 Å². The lowest BCUT2D eigenvalue weighted by atomic mass is 10.0. The number of alkyl halides is 3. The topological polar surface area (TPSA) is 64.6 Å². The lowest BCUT2D eigenvalue weighted by Crippen LogP contribution is -2.21. The van der Waals surface area contributed by atoms with E-state index >= 15 is 0 Å². The zero-order chi connectivity index (χ0) is 24.2. The Hall–Kier alpha value is -3.31. The monoisotopic (exact) mass is 467 g/mol. The average molecular weight is 467 g/mol. The van der Waals surface area contributed by atoms with Crippen LogP contribution >= 0.6 is 0 Å². The van der Waals surface area contributed by atoms with Crippen molar-refractivity contribution in [2.45, 2.75) is 25.9 Å². The molecular formula is C20H16F7NO4. The molecule has 0 aliphatic carbocycles. The molecule has 1 amide bonds. The van der Waals surface area contributed by atoms with E-state index in [1.165, 1.54) is 30.6 Å². The predicted octanol–water partition coefficient (Wildman–Crippen LogP) is 4.56. The fraction of sp³-hybridized carbons (Fsp3) is 0.300. The molecule has 0 aliphatic rings. The van der Waals surface area contributed by atoms with Crippen molar-refractivity contribution in [3.05, 3.63) is 58.2 Å². The second-order valence-electron chi connectivity index (χ2n) is 6.36. The number of carbonyl (C=O) groups is 2. The molecule has 1 N–H and O–H groups in total. The summed E-state index contributed by atoms with van der Waals surface area (Å²) >= 11 is 0. The molecule has 5 nitrogen and oxygen atoms in total. The Morgan fingerprint density at radius 1 is 0.969 bits per heavy atom. The van der Waals surface area contributed by atoms with Crippen LogP contribution in [0, 0.1) is 23.3 Å². The van der Waals surface area contributed by atoms with Crippen LogP contribution in [0.4, 0.5) is 36.4 Å². The summed E-state index contributed by atoms with van der Waals surface area (Å²) in [5.74, 6) is -11.7. The Morgan fingerprint density at radius 3 is 2.06 bits per heavy atom. The number of benzene rings is 2. The maximum Gasteiger partial charge on any atom is 0.422 e. The van der Waals surface area contributed by atoms with Crippen molar-refractivity contribution in [2.75, 3.05) is 19.0 Å². The summed E-state index contributed by atoms with van der Waals surface area (Å²) in [6.45, 7) is 1.72. The Labute approximate surface area is 177 Å². The molecule has 0 radical (unpaired) electrons. The SMILES string of the molecule is CCOC(=O)Cc1cc(CC(=O)Nc2c(F)c(F)c(C(F)(F)F)c(F)c2F)ccc1OC. The van der Waals surface area contributed by atoms with Gasteiger partial charge in [0.15, 0.2) is 23.3 Å². The number of ether oxygens (including phenoxy) is 2. The van der Waals surface area contributed by atoms with E-state index in [2.05, 4.69) is 0 Å². The number of amides is 1. The van der Waals surface area contributed by atoms with Gasteiger partial charge in [-0.3, -0.25) is 9.59 Å². The molecule has 32 heavy (non-hydrogen) atoms. The van der Waals surface area contributed by atoms with Gasteiger partial charge in [0.25, 0.3) is 0 Å². The fourth-order valence-electron chi connectivity index (χ4n) is 2.81. The van der Waals surface area contributed by atoms with Crippen LogP contribution in [0.15, 0.2) is 18.2 Å².